The highest BCUT2D eigenvalue weighted by Crippen LogP contribution is 2.26. The zero-order valence-corrected chi connectivity index (χ0v) is 17.6. The van der Waals surface area contributed by atoms with Crippen molar-refractivity contribution in [1.29, 1.82) is 0 Å². The van der Waals surface area contributed by atoms with Gasteiger partial charge in [-0.05, 0) is 41.8 Å². The molecule has 0 radical (unpaired) electrons. The number of benzene rings is 2. The third-order valence-electron chi connectivity index (χ3n) is 5.73. The van der Waals surface area contributed by atoms with Gasteiger partial charge in [0.1, 0.15) is 6.04 Å². The van der Waals surface area contributed by atoms with Crippen molar-refractivity contribution < 1.29 is 19.1 Å². The lowest BCUT2D eigenvalue weighted by Gasteiger charge is -2.19. The summed E-state index contributed by atoms with van der Waals surface area (Å²) in [5, 5.41) is 9.55. The van der Waals surface area contributed by atoms with Crippen molar-refractivity contribution in [3.63, 3.8) is 0 Å². The summed E-state index contributed by atoms with van der Waals surface area (Å²) in [5.41, 5.74) is 4.46. The average Bonchev–Trinajstić information content (AvgIpc) is 3.15. The first-order valence-electron chi connectivity index (χ1n) is 10.3. The van der Waals surface area contributed by atoms with Crippen LogP contribution in [0.5, 0.6) is 0 Å². The van der Waals surface area contributed by atoms with Gasteiger partial charge in [-0.15, -0.1) is 0 Å². The van der Waals surface area contributed by atoms with E-state index in [1.165, 1.54) is 12.7 Å². The molecule has 0 fully saturated rings. The quantitative estimate of drug-likeness (QED) is 0.635. The molecule has 0 spiro atoms. The van der Waals surface area contributed by atoms with Crippen LogP contribution in [0.1, 0.15) is 27.9 Å². The van der Waals surface area contributed by atoms with Crippen LogP contribution in [0.3, 0.4) is 0 Å². The first-order valence-corrected chi connectivity index (χ1v) is 10.3. The maximum Gasteiger partial charge on any atom is 0.308 e. The molecule has 8 heteroatoms. The summed E-state index contributed by atoms with van der Waals surface area (Å²) in [7, 11) is 2.98. The second-order valence-electron chi connectivity index (χ2n) is 7.96. The van der Waals surface area contributed by atoms with Crippen LogP contribution in [0.15, 0.2) is 42.5 Å². The molecule has 1 unspecified atom stereocenters. The predicted molar refractivity (Wildman–Crippen MR) is 117 cm³/mol. The number of carbonyl (C=O) groups is 3. The van der Waals surface area contributed by atoms with Crippen molar-refractivity contribution >= 4 is 29.2 Å². The minimum Gasteiger partial charge on any atom is -0.469 e. The second-order valence-corrected chi connectivity index (χ2v) is 7.96. The van der Waals surface area contributed by atoms with Gasteiger partial charge in [-0.2, -0.15) is 0 Å². The Morgan fingerprint density at radius 2 is 1.90 bits per heavy atom. The van der Waals surface area contributed by atoms with Crippen LogP contribution in [0.4, 0.5) is 11.4 Å². The largest absolute Gasteiger partial charge is 0.469 e. The Hall–Kier alpha value is -3.55. The third-order valence-corrected chi connectivity index (χ3v) is 5.73. The number of rotatable bonds is 5. The molecule has 2 aromatic carbocycles. The number of hydrogen-bond acceptors (Lipinski definition) is 6. The maximum absolute atomic E-state index is 12.7. The van der Waals surface area contributed by atoms with Crippen molar-refractivity contribution in [2.45, 2.75) is 31.5 Å². The summed E-state index contributed by atoms with van der Waals surface area (Å²) in [6.07, 6.45) is 0.817. The third kappa shape index (κ3) is 4.47. The van der Waals surface area contributed by atoms with Crippen LogP contribution < -0.4 is 16.0 Å². The molecule has 2 aliphatic heterocycles. The molecule has 2 heterocycles. The van der Waals surface area contributed by atoms with Crippen LogP contribution >= 0.6 is 0 Å². The summed E-state index contributed by atoms with van der Waals surface area (Å²) in [6, 6.07) is 12.9. The Morgan fingerprint density at radius 3 is 2.68 bits per heavy atom. The summed E-state index contributed by atoms with van der Waals surface area (Å²) < 4.78 is 4.70. The number of ether oxygens (including phenoxy) is 1. The van der Waals surface area contributed by atoms with Crippen LogP contribution in [-0.4, -0.2) is 55.5 Å². The number of methoxy groups -OCH3 is 1. The van der Waals surface area contributed by atoms with Crippen molar-refractivity contribution in [2.24, 2.45) is 0 Å². The molecule has 31 heavy (non-hydrogen) atoms. The average molecular weight is 422 g/mol. The maximum atomic E-state index is 12.7. The Balaban J connectivity index is 1.42. The zero-order chi connectivity index (χ0) is 22.0. The van der Waals surface area contributed by atoms with Gasteiger partial charge in [0.15, 0.2) is 0 Å². The molecule has 0 aliphatic carbocycles. The van der Waals surface area contributed by atoms with E-state index in [4.69, 9.17) is 4.74 Å². The van der Waals surface area contributed by atoms with E-state index in [1.807, 2.05) is 18.2 Å². The topological polar surface area (TPSA) is 99.8 Å². The molecule has 2 aromatic rings. The standard InChI is InChI=1S/C23H26N4O4/c1-27-13-16-9-15(7-8-19(16)26-20(23(27)30)11-21(28)31-2)22(29)24-12-17-10-14-5-3-4-6-18(14)25-17/h3-9,17,20,25-26H,10-13H2,1-2H3,(H,24,29)/t17?,20-/m0/s1. The van der Waals surface area contributed by atoms with E-state index in [2.05, 4.69) is 22.0 Å². The van der Waals surface area contributed by atoms with Crippen LogP contribution in [0.25, 0.3) is 0 Å². The number of anilines is 2. The van der Waals surface area contributed by atoms with E-state index in [9.17, 15) is 14.4 Å². The second kappa shape index (κ2) is 8.67. The highest BCUT2D eigenvalue weighted by atomic mass is 16.5. The number of hydrogen-bond donors (Lipinski definition) is 3. The molecule has 4 rings (SSSR count). The fourth-order valence-corrected chi connectivity index (χ4v) is 4.06. The lowest BCUT2D eigenvalue weighted by molar-refractivity contribution is -0.143. The number of nitrogens with one attached hydrogen (secondary N) is 3. The predicted octanol–water partition coefficient (Wildman–Crippen LogP) is 1.77. The van der Waals surface area contributed by atoms with Gasteiger partial charge in [-0.1, -0.05) is 18.2 Å². The smallest absolute Gasteiger partial charge is 0.308 e. The summed E-state index contributed by atoms with van der Waals surface area (Å²) >= 11 is 0. The lowest BCUT2D eigenvalue weighted by Crippen LogP contribution is -2.39. The molecule has 2 atom stereocenters. The Labute approximate surface area is 180 Å². The lowest BCUT2D eigenvalue weighted by atomic mass is 10.1. The molecule has 2 amide bonds. The normalized spacial score (nSPS) is 19.4. The molecular formula is C23H26N4O4. The highest BCUT2D eigenvalue weighted by molar-refractivity contribution is 5.96. The number of amides is 2. The van der Waals surface area contributed by atoms with Gasteiger partial charge in [0, 0.05) is 43.1 Å². The van der Waals surface area contributed by atoms with E-state index in [0.29, 0.717) is 18.7 Å². The van der Waals surface area contributed by atoms with Gasteiger partial charge in [0.2, 0.25) is 5.91 Å². The van der Waals surface area contributed by atoms with Crippen LogP contribution in [0.2, 0.25) is 0 Å². The van der Waals surface area contributed by atoms with E-state index in [-0.39, 0.29) is 24.3 Å². The molecule has 2 aliphatic rings. The Morgan fingerprint density at radius 1 is 1.13 bits per heavy atom. The number of nitrogens with zero attached hydrogens (tertiary/aromatic N) is 1. The SMILES string of the molecule is COC(=O)C[C@@H]1Nc2ccc(C(=O)NCC3Cc4ccccc4N3)cc2CN(C)C1=O. The minimum absolute atomic E-state index is 0.0574. The molecular weight excluding hydrogens is 396 g/mol. The molecule has 162 valence electrons. The van der Waals surface area contributed by atoms with Gasteiger partial charge < -0.3 is 25.6 Å². The van der Waals surface area contributed by atoms with Crippen LogP contribution in [-0.2, 0) is 27.3 Å². The summed E-state index contributed by atoms with van der Waals surface area (Å²) in [5.74, 6) is -0.814. The van der Waals surface area contributed by atoms with Crippen molar-refractivity contribution in [2.75, 3.05) is 31.3 Å². The van der Waals surface area contributed by atoms with Crippen molar-refractivity contribution in [1.82, 2.24) is 10.2 Å². The fourth-order valence-electron chi connectivity index (χ4n) is 4.06. The van der Waals surface area contributed by atoms with E-state index < -0.39 is 12.0 Å². The van der Waals surface area contributed by atoms with Crippen molar-refractivity contribution in [3.8, 4) is 0 Å². The van der Waals surface area contributed by atoms with E-state index in [1.54, 1.807) is 30.1 Å². The molecule has 0 saturated carbocycles. The molecule has 0 bridgehead atoms. The number of esters is 1. The number of likely N-dealkylation sites (N-methyl/N-ethyl adjacent to an activating group) is 1. The van der Waals surface area contributed by atoms with Gasteiger partial charge in [0.25, 0.3) is 5.91 Å². The highest BCUT2D eigenvalue weighted by Gasteiger charge is 2.30. The van der Waals surface area contributed by atoms with Crippen LogP contribution in [0, 0.1) is 0 Å². The molecule has 3 N–H and O–H groups in total. The van der Waals surface area contributed by atoms with Gasteiger partial charge in [-0.25, -0.2) is 0 Å². The first-order chi connectivity index (χ1) is 14.9. The Bertz CT molecular complexity index is 997. The summed E-state index contributed by atoms with van der Waals surface area (Å²) in [4.78, 5) is 38.5. The number of carbonyl (C=O) groups excluding carboxylic acids is 3. The molecule has 0 aromatic heterocycles. The number of para-hydroxylation sites is 1. The van der Waals surface area contributed by atoms with Crippen molar-refractivity contribution in [3.05, 3.63) is 59.2 Å². The molecule has 8 nitrogen and oxygen atoms in total. The summed E-state index contributed by atoms with van der Waals surface area (Å²) in [6.45, 7) is 0.863. The Kier molecular flexibility index (Phi) is 5.79. The van der Waals surface area contributed by atoms with Gasteiger partial charge in [-0.3, -0.25) is 14.4 Å². The zero-order valence-electron chi connectivity index (χ0n) is 17.6. The molecule has 0 saturated heterocycles. The van der Waals surface area contributed by atoms with Gasteiger partial charge >= 0.3 is 5.97 Å². The monoisotopic (exact) mass is 422 g/mol. The van der Waals surface area contributed by atoms with E-state index in [0.717, 1.165) is 23.4 Å². The fraction of sp³-hybridized carbons (Fsp3) is 0.348. The van der Waals surface area contributed by atoms with Gasteiger partial charge in [0.05, 0.1) is 13.5 Å². The minimum atomic E-state index is -0.701. The first kappa shape index (κ1) is 20.7. The number of fused-ring (bicyclic) bond motifs is 2. The van der Waals surface area contributed by atoms with E-state index >= 15 is 0 Å².